The Kier molecular flexibility index (Phi) is 3.95. The first-order valence-corrected chi connectivity index (χ1v) is 8.44. The molecule has 0 radical (unpaired) electrons. The molecule has 1 N–H and O–H groups in total. The normalized spacial score (nSPS) is 18.7. The summed E-state index contributed by atoms with van der Waals surface area (Å²) >= 11 is 6.39. The Hall–Kier alpha value is -2.47. The van der Waals surface area contributed by atoms with Gasteiger partial charge in [-0.25, -0.2) is 0 Å². The topological polar surface area (TPSA) is 28.2 Å². The van der Waals surface area contributed by atoms with E-state index in [1.165, 1.54) is 4.90 Å². The molecule has 134 valence electrons. The molecule has 3 nitrogen and oxygen atoms in total. The molecule has 0 aliphatic carbocycles. The molecule has 0 bridgehead atoms. The third-order valence-corrected chi connectivity index (χ3v) is 4.98. The summed E-state index contributed by atoms with van der Waals surface area (Å²) in [6.45, 7) is 0.812. The van der Waals surface area contributed by atoms with Crippen molar-refractivity contribution >= 4 is 33.6 Å². The van der Waals surface area contributed by atoms with Crippen molar-refractivity contribution in [3.63, 3.8) is 0 Å². The molecule has 3 heterocycles. The second kappa shape index (κ2) is 6.06. The van der Waals surface area contributed by atoms with Gasteiger partial charge >= 0.3 is 6.18 Å². The maximum atomic E-state index is 13.3. The molecule has 7 heteroatoms. The third kappa shape index (κ3) is 2.74. The van der Waals surface area contributed by atoms with Crippen molar-refractivity contribution in [2.45, 2.75) is 19.1 Å². The standard InChI is InChI=1S/C19H15ClF3N3/c1-11-16-15(5-4-14-17(16)13(20)6-8-25-14)26(10-19(21,22)23)18(11)12-3-2-7-24-9-12/h2-9,18,25H,10H2,1H3. The van der Waals surface area contributed by atoms with Gasteiger partial charge in [0.25, 0.3) is 0 Å². The number of nitrogens with one attached hydrogen (secondary N) is 1. The molecule has 1 aromatic carbocycles. The zero-order valence-corrected chi connectivity index (χ0v) is 14.6. The molecule has 0 spiro atoms. The van der Waals surface area contributed by atoms with E-state index in [1.54, 1.807) is 48.9 Å². The fourth-order valence-corrected chi connectivity index (χ4v) is 3.99. The monoisotopic (exact) mass is 377 g/mol. The van der Waals surface area contributed by atoms with Crippen molar-refractivity contribution in [1.82, 2.24) is 4.98 Å². The van der Waals surface area contributed by atoms with Gasteiger partial charge in [0.2, 0.25) is 0 Å². The minimum Gasteiger partial charge on any atom is -0.361 e. The molecule has 4 rings (SSSR count). The lowest BCUT2D eigenvalue weighted by molar-refractivity contribution is -0.120. The van der Waals surface area contributed by atoms with E-state index in [0.717, 1.165) is 27.3 Å². The van der Waals surface area contributed by atoms with Gasteiger partial charge in [0.1, 0.15) is 6.54 Å². The number of hydrogen-bond acceptors (Lipinski definition) is 3. The summed E-state index contributed by atoms with van der Waals surface area (Å²) in [6, 6.07) is 6.48. The second-order valence-corrected chi connectivity index (χ2v) is 6.73. The molecule has 26 heavy (non-hydrogen) atoms. The van der Waals surface area contributed by atoms with E-state index in [9.17, 15) is 13.2 Å². The van der Waals surface area contributed by atoms with E-state index in [4.69, 9.17) is 11.6 Å². The number of allylic oxidation sites excluding steroid dienone is 1. The highest BCUT2D eigenvalue weighted by molar-refractivity contribution is 6.47. The number of alkyl halides is 3. The number of benzene rings is 1. The number of nitrogens with zero attached hydrogens (tertiary/aromatic N) is 2. The Morgan fingerprint density at radius 1 is 1.23 bits per heavy atom. The van der Waals surface area contributed by atoms with Gasteiger partial charge in [-0.05, 0) is 42.3 Å². The predicted octanol–water partition coefficient (Wildman–Crippen LogP) is 3.66. The van der Waals surface area contributed by atoms with Gasteiger partial charge in [0, 0.05) is 40.4 Å². The maximum absolute atomic E-state index is 13.3. The van der Waals surface area contributed by atoms with Crippen molar-refractivity contribution in [2.24, 2.45) is 0 Å². The molecule has 1 aromatic heterocycles. The van der Waals surface area contributed by atoms with Crippen molar-refractivity contribution in [1.29, 1.82) is 0 Å². The predicted molar refractivity (Wildman–Crippen MR) is 97.2 cm³/mol. The average Bonchev–Trinajstić information content (AvgIpc) is 2.86. The molecule has 2 aromatic rings. The number of fused-ring (bicyclic) bond motifs is 3. The highest BCUT2D eigenvalue weighted by atomic mass is 35.5. The van der Waals surface area contributed by atoms with Gasteiger partial charge in [0.15, 0.2) is 0 Å². The maximum Gasteiger partial charge on any atom is 0.405 e. The smallest absolute Gasteiger partial charge is 0.361 e. The lowest BCUT2D eigenvalue weighted by Crippen LogP contribution is -2.37. The fourth-order valence-electron chi connectivity index (χ4n) is 3.73. The number of halogens is 4. The van der Waals surface area contributed by atoms with E-state index < -0.39 is 18.8 Å². The second-order valence-electron chi connectivity index (χ2n) is 6.32. The molecule has 0 saturated carbocycles. The number of rotatable bonds is 2. The summed E-state index contributed by atoms with van der Waals surface area (Å²) in [5.41, 5.74) is 2.86. The van der Waals surface area contributed by atoms with Crippen LogP contribution in [0.15, 0.2) is 48.9 Å². The van der Waals surface area contributed by atoms with Crippen molar-refractivity contribution in [3.8, 4) is 0 Å². The van der Waals surface area contributed by atoms with Crippen LogP contribution in [0.3, 0.4) is 0 Å². The summed E-state index contributed by atoms with van der Waals surface area (Å²) < 4.78 is 39.9. The van der Waals surface area contributed by atoms with Crippen LogP contribution in [0.1, 0.15) is 18.5 Å². The lowest BCUT2D eigenvalue weighted by atomic mass is 10.0. The first-order chi connectivity index (χ1) is 12.4. The number of anilines is 2. The van der Waals surface area contributed by atoms with E-state index in [1.807, 2.05) is 6.92 Å². The van der Waals surface area contributed by atoms with Gasteiger partial charge in [-0.3, -0.25) is 4.98 Å². The largest absolute Gasteiger partial charge is 0.405 e. The first-order valence-electron chi connectivity index (χ1n) is 8.07. The summed E-state index contributed by atoms with van der Waals surface area (Å²) in [5, 5.41) is 5.11. The van der Waals surface area contributed by atoms with Crippen LogP contribution in [0.5, 0.6) is 0 Å². The zero-order chi connectivity index (χ0) is 18.5. The summed E-state index contributed by atoms with van der Waals surface area (Å²) in [6.07, 6.45) is 2.32. The van der Waals surface area contributed by atoms with Crippen LogP contribution in [0.2, 0.25) is 0 Å². The molecule has 0 fully saturated rings. The Morgan fingerprint density at radius 2 is 2.04 bits per heavy atom. The van der Waals surface area contributed by atoms with Crippen LogP contribution >= 0.6 is 11.6 Å². The molecular formula is C19H15ClF3N3. The molecular weight excluding hydrogens is 363 g/mol. The molecule has 0 amide bonds. The Morgan fingerprint density at radius 3 is 2.73 bits per heavy atom. The molecule has 1 unspecified atom stereocenters. The van der Waals surface area contributed by atoms with Crippen LogP contribution in [0.25, 0.3) is 10.6 Å². The molecule has 1 atom stereocenters. The summed E-state index contributed by atoms with van der Waals surface area (Å²) in [4.78, 5) is 5.46. The lowest BCUT2D eigenvalue weighted by Gasteiger charge is -2.30. The van der Waals surface area contributed by atoms with Crippen LogP contribution in [-0.4, -0.2) is 17.7 Å². The summed E-state index contributed by atoms with van der Waals surface area (Å²) in [5.74, 6) is 0. The summed E-state index contributed by atoms with van der Waals surface area (Å²) in [7, 11) is 0. The van der Waals surface area contributed by atoms with Gasteiger partial charge < -0.3 is 10.2 Å². The zero-order valence-electron chi connectivity index (χ0n) is 13.8. The number of pyridine rings is 1. The fraction of sp³-hybridized carbons (Fsp3) is 0.211. The highest BCUT2D eigenvalue weighted by Gasteiger charge is 2.39. The van der Waals surface area contributed by atoms with E-state index in [0.29, 0.717) is 10.7 Å². The first kappa shape index (κ1) is 17.0. The SMILES string of the molecule is CC1=c2c(ccc3c2=C(Cl)C=CN3)N(CC(F)(F)F)C1c1cccnc1. The minimum absolute atomic E-state index is 0.508. The Balaban J connectivity index is 2.02. The quantitative estimate of drug-likeness (QED) is 0.865. The Labute approximate surface area is 153 Å². The average molecular weight is 378 g/mol. The van der Waals surface area contributed by atoms with Crippen LogP contribution in [0.4, 0.5) is 24.5 Å². The highest BCUT2D eigenvalue weighted by Crippen LogP contribution is 2.38. The van der Waals surface area contributed by atoms with Gasteiger partial charge in [0.05, 0.1) is 11.1 Å². The van der Waals surface area contributed by atoms with E-state index in [2.05, 4.69) is 10.3 Å². The Bertz CT molecular complexity index is 1010. The van der Waals surface area contributed by atoms with Gasteiger partial charge in [-0.15, -0.1) is 0 Å². The van der Waals surface area contributed by atoms with Gasteiger partial charge in [-0.2, -0.15) is 13.2 Å². The van der Waals surface area contributed by atoms with Gasteiger partial charge in [-0.1, -0.05) is 17.7 Å². The molecule has 0 saturated heterocycles. The van der Waals surface area contributed by atoms with E-state index in [-0.39, 0.29) is 0 Å². The van der Waals surface area contributed by atoms with Crippen molar-refractivity contribution < 1.29 is 13.2 Å². The van der Waals surface area contributed by atoms with Crippen molar-refractivity contribution in [3.05, 3.63) is 64.9 Å². The van der Waals surface area contributed by atoms with Crippen molar-refractivity contribution in [2.75, 3.05) is 16.8 Å². The van der Waals surface area contributed by atoms with Crippen LogP contribution < -0.4 is 20.7 Å². The number of aromatic nitrogens is 1. The van der Waals surface area contributed by atoms with E-state index >= 15 is 0 Å². The minimum atomic E-state index is -4.33. The molecule has 2 aliphatic heterocycles. The van der Waals surface area contributed by atoms with Crippen LogP contribution in [0, 0.1) is 0 Å². The van der Waals surface area contributed by atoms with Crippen LogP contribution in [-0.2, 0) is 0 Å². The molecule has 2 aliphatic rings. The third-order valence-electron chi connectivity index (χ3n) is 4.67. The number of hydrogen-bond donors (Lipinski definition) is 1.